The minimum Gasteiger partial charge on any atom is -0.301 e. The Morgan fingerprint density at radius 1 is 1.12 bits per heavy atom. The minimum atomic E-state index is -0.448. The number of hydrogen-bond acceptors (Lipinski definition) is 9. The van der Waals surface area contributed by atoms with E-state index in [0.717, 1.165) is 17.0 Å². The van der Waals surface area contributed by atoms with Crippen molar-refractivity contribution >= 4 is 39.4 Å². The number of nitrogens with zero attached hydrogens (tertiary/aromatic N) is 6. The maximum Gasteiger partial charge on any atom is 0.269 e. The molecule has 0 saturated carbocycles. The van der Waals surface area contributed by atoms with Gasteiger partial charge in [0.1, 0.15) is 5.69 Å². The second-order valence-electron chi connectivity index (χ2n) is 6.48. The molecular formula is C20H16N8O3S. The number of non-ortho nitro benzene ring substituents is 1. The second-order valence-corrected chi connectivity index (χ2v) is 7.46. The molecule has 4 aromatic rings. The average molecular weight is 448 g/mol. The summed E-state index contributed by atoms with van der Waals surface area (Å²) in [5.74, 6) is -0.239. The highest BCUT2D eigenvalue weighted by molar-refractivity contribution is 7.19. The fraction of sp³-hybridized carbons (Fsp3) is 0.0500. The molecule has 160 valence electrons. The van der Waals surface area contributed by atoms with E-state index in [0.29, 0.717) is 27.1 Å². The van der Waals surface area contributed by atoms with E-state index in [1.54, 1.807) is 29.2 Å². The van der Waals surface area contributed by atoms with Crippen LogP contribution in [-0.4, -0.2) is 37.0 Å². The van der Waals surface area contributed by atoms with Gasteiger partial charge in [-0.15, -0.1) is 10.2 Å². The van der Waals surface area contributed by atoms with E-state index in [4.69, 9.17) is 0 Å². The number of hydrazone groups is 1. The van der Waals surface area contributed by atoms with Gasteiger partial charge in [-0.2, -0.15) is 10.2 Å². The summed E-state index contributed by atoms with van der Waals surface area (Å²) >= 11 is 1.14. The fourth-order valence-electron chi connectivity index (χ4n) is 2.79. The molecule has 12 heteroatoms. The van der Waals surface area contributed by atoms with Crippen molar-refractivity contribution in [2.75, 3.05) is 10.7 Å². The van der Waals surface area contributed by atoms with E-state index in [2.05, 4.69) is 31.1 Å². The quantitative estimate of drug-likeness (QED) is 0.249. The number of carbonyl (C=O) groups is 1. The van der Waals surface area contributed by atoms with E-state index in [-0.39, 0.29) is 11.6 Å². The molecule has 0 aliphatic rings. The second kappa shape index (κ2) is 9.14. The molecule has 0 aliphatic heterocycles. The Balaban J connectivity index is 1.62. The third kappa shape index (κ3) is 4.82. The molecule has 0 fully saturated rings. The number of nitro groups is 1. The molecule has 2 aromatic carbocycles. The summed E-state index contributed by atoms with van der Waals surface area (Å²) in [5, 5.41) is 30.9. The number of hydrogen-bond donors (Lipinski definition) is 2. The van der Waals surface area contributed by atoms with Crippen LogP contribution in [0.5, 0.6) is 0 Å². The van der Waals surface area contributed by atoms with Crippen molar-refractivity contribution in [3.8, 4) is 16.9 Å². The summed E-state index contributed by atoms with van der Waals surface area (Å²) in [6, 6.07) is 15.7. The molecule has 4 rings (SSSR count). The van der Waals surface area contributed by atoms with Crippen molar-refractivity contribution in [2.45, 2.75) is 6.92 Å². The van der Waals surface area contributed by atoms with E-state index in [1.165, 1.54) is 19.1 Å². The highest BCUT2D eigenvalue weighted by Gasteiger charge is 2.13. The van der Waals surface area contributed by atoms with Crippen LogP contribution in [0.4, 0.5) is 16.0 Å². The predicted molar refractivity (Wildman–Crippen MR) is 121 cm³/mol. The summed E-state index contributed by atoms with van der Waals surface area (Å²) in [5.41, 5.74) is 5.62. The number of rotatable bonds is 7. The molecule has 32 heavy (non-hydrogen) atoms. The summed E-state index contributed by atoms with van der Waals surface area (Å²) in [6.07, 6.45) is 3.38. The van der Waals surface area contributed by atoms with Crippen molar-refractivity contribution in [3.05, 3.63) is 76.5 Å². The van der Waals surface area contributed by atoms with Crippen LogP contribution in [0.25, 0.3) is 16.9 Å². The molecule has 2 heterocycles. The standard InChI is InChI=1S/C20H16N8O3S/c1-13(29)22-19-24-25-20(32-19)23-21-11-15-12-27(16-5-3-2-4-6-16)26-18(15)14-7-9-17(10-8-14)28(30)31/h2-12H,1H3,(H,23,25)(H,22,24,29)/b21-11-. The molecule has 0 spiro atoms. The van der Waals surface area contributed by atoms with Crippen molar-refractivity contribution < 1.29 is 9.72 Å². The highest BCUT2D eigenvalue weighted by atomic mass is 32.1. The maximum atomic E-state index is 11.1. The van der Waals surface area contributed by atoms with Crippen molar-refractivity contribution in [1.29, 1.82) is 0 Å². The Kier molecular flexibility index (Phi) is 5.94. The van der Waals surface area contributed by atoms with Crippen LogP contribution in [0.2, 0.25) is 0 Å². The first kappa shape index (κ1) is 20.8. The average Bonchev–Trinajstić information content (AvgIpc) is 3.41. The van der Waals surface area contributed by atoms with Gasteiger partial charge in [-0.25, -0.2) is 4.68 Å². The smallest absolute Gasteiger partial charge is 0.269 e. The van der Waals surface area contributed by atoms with E-state index >= 15 is 0 Å². The maximum absolute atomic E-state index is 11.1. The zero-order valence-corrected chi connectivity index (χ0v) is 17.5. The van der Waals surface area contributed by atoms with Gasteiger partial charge in [0.05, 0.1) is 16.8 Å². The molecule has 11 nitrogen and oxygen atoms in total. The van der Waals surface area contributed by atoms with Crippen molar-refractivity contribution in [1.82, 2.24) is 20.0 Å². The van der Waals surface area contributed by atoms with Crippen LogP contribution in [0, 0.1) is 10.1 Å². The monoisotopic (exact) mass is 448 g/mol. The third-order valence-electron chi connectivity index (χ3n) is 4.19. The van der Waals surface area contributed by atoms with Crippen LogP contribution in [0.1, 0.15) is 12.5 Å². The molecule has 0 atom stereocenters. The van der Waals surface area contributed by atoms with Gasteiger partial charge in [-0.05, 0) is 24.3 Å². The van der Waals surface area contributed by atoms with Crippen molar-refractivity contribution in [2.24, 2.45) is 5.10 Å². The van der Waals surface area contributed by atoms with Gasteiger partial charge in [0, 0.05) is 36.4 Å². The number of aromatic nitrogens is 4. The number of anilines is 2. The number of para-hydroxylation sites is 1. The zero-order chi connectivity index (χ0) is 22.5. The van der Waals surface area contributed by atoms with E-state index in [1.807, 2.05) is 30.3 Å². The molecule has 1 amide bonds. The summed E-state index contributed by atoms with van der Waals surface area (Å²) in [7, 11) is 0. The van der Waals surface area contributed by atoms with Gasteiger partial charge in [0.2, 0.25) is 16.2 Å². The lowest BCUT2D eigenvalue weighted by atomic mass is 10.1. The number of nitrogens with one attached hydrogen (secondary N) is 2. The van der Waals surface area contributed by atoms with Gasteiger partial charge < -0.3 is 5.32 Å². The Hall–Kier alpha value is -4.45. The zero-order valence-electron chi connectivity index (χ0n) is 16.7. The van der Waals surface area contributed by atoms with Crippen LogP contribution < -0.4 is 10.7 Å². The summed E-state index contributed by atoms with van der Waals surface area (Å²) in [4.78, 5) is 21.6. The SMILES string of the molecule is CC(=O)Nc1nnc(N/N=C\c2cn(-c3ccccc3)nc2-c2ccc([N+](=O)[O-])cc2)s1. The first-order valence-electron chi connectivity index (χ1n) is 9.29. The van der Waals surface area contributed by atoms with Gasteiger partial charge >= 0.3 is 0 Å². The topological polar surface area (TPSA) is 140 Å². The van der Waals surface area contributed by atoms with Crippen LogP contribution in [0.3, 0.4) is 0 Å². The fourth-order valence-corrected chi connectivity index (χ4v) is 3.43. The molecule has 0 bridgehead atoms. The van der Waals surface area contributed by atoms with Gasteiger partial charge in [-0.1, -0.05) is 29.5 Å². The molecular weight excluding hydrogens is 432 g/mol. The first-order chi connectivity index (χ1) is 15.5. The third-order valence-corrected chi connectivity index (χ3v) is 4.93. The van der Waals surface area contributed by atoms with Gasteiger partial charge in [0.25, 0.3) is 5.69 Å². The summed E-state index contributed by atoms with van der Waals surface area (Å²) in [6.45, 7) is 1.39. The number of amides is 1. The van der Waals surface area contributed by atoms with Gasteiger partial charge in [-0.3, -0.25) is 20.3 Å². The molecule has 0 aliphatic carbocycles. The van der Waals surface area contributed by atoms with Crippen molar-refractivity contribution in [3.63, 3.8) is 0 Å². The Morgan fingerprint density at radius 3 is 2.53 bits per heavy atom. The molecule has 0 saturated heterocycles. The van der Waals surface area contributed by atoms with E-state index in [9.17, 15) is 14.9 Å². The number of carbonyl (C=O) groups excluding carboxylic acids is 1. The normalized spacial score (nSPS) is 10.9. The highest BCUT2D eigenvalue weighted by Crippen LogP contribution is 2.25. The van der Waals surface area contributed by atoms with Crippen LogP contribution in [-0.2, 0) is 4.79 Å². The molecule has 0 unspecified atom stereocenters. The number of benzene rings is 2. The largest absolute Gasteiger partial charge is 0.301 e. The lowest BCUT2D eigenvalue weighted by molar-refractivity contribution is -0.384. The Morgan fingerprint density at radius 2 is 1.84 bits per heavy atom. The number of nitro benzene ring substituents is 1. The minimum absolute atomic E-state index is 0.000583. The Labute approximate surface area is 185 Å². The van der Waals surface area contributed by atoms with Gasteiger partial charge in [0.15, 0.2) is 0 Å². The van der Waals surface area contributed by atoms with Crippen LogP contribution >= 0.6 is 11.3 Å². The summed E-state index contributed by atoms with van der Waals surface area (Å²) < 4.78 is 1.71. The lowest BCUT2D eigenvalue weighted by Crippen LogP contribution is -2.04. The molecule has 2 aromatic heterocycles. The lowest BCUT2D eigenvalue weighted by Gasteiger charge is -2.00. The molecule has 0 radical (unpaired) electrons. The van der Waals surface area contributed by atoms with E-state index < -0.39 is 4.92 Å². The predicted octanol–water partition coefficient (Wildman–Crippen LogP) is 3.70. The first-order valence-corrected chi connectivity index (χ1v) is 10.1. The van der Waals surface area contributed by atoms with Crippen LogP contribution in [0.15, 0.2) is 65.9 Å². The Bertz CT molecular complexity index is 1280. The molecule has 2 N–H and O–H groups in total.